The Morgan fingerprint density at radius 2 is 1.74 bits per heavy atom. The van der Waals surface area contributed by atoms with E-state index < -0.39 is 11.6 Å². The summed E-state index contributed by atoms with van der Waals surface area (Å²) >= 11 is 12.1. The number of alkyl halides is 1. The van der Waals surface area contributed by atoms with Crippen molar-refractivity contribution in [3.05, 3.63) is 70.2 Å². The van der Waals surface area contributed by atoms with Crippen molar-refractivity contribution in [2.24, 2.45) is 0 Å². The molecule has 0 N–H and O–H groups in total. The van der Waals surface area contributed by atoms with Crippen molar-refractivity contribution in [1.82, 2.24) is 0 Å². The summed E-state index contributed by atoms with van der Waals surface area (Å²) < 4.78 is 26.1. The minimum absolute atomic E-state index is 0.0276. The minimum atomic E-state index is -0.844. The first kappa shape index (κ1) is 14.3. The van der Waals surface area contributed by atoms with Gasteiger partial charge in [-0.25, -0.2) is 8.78 Å². The first-order valence-electron chi connectivity index (χ1n) is 5.86. The van der Waals surface area contributed by atoms with Crippen LogP contribution in [0.1, 0.15) is 17.0 Å². The Balaban J connectivity index is 2.24. The second-order valence-electron chi connectivity index (χ2n) is 4.33. The van der Waals surface area contributed by atoms with Gasteiger partial charge in [0.25, 0.3) is 0 Å². The van der Waals surface area contributed by atoms with Crippen LogP contribution in [0.15, 0.2) is 42.5 Å². The molecule has 0 aromatic heterocycles. The fourth-order valence-corrected chi connectivity index (χ4v) is 2.57. The molecule has 0 nitrogen and oxygen atoms in total. The molecule has 0 bridgehead atoms. The molecule has 0 aliphatic carbocycles. The van der Waals surface area contributed by atoms with Gasteiger partial charge in [0, 0.05) is 16.8 Å². The predicted molar refractivity (Wildman–Crippen MR) is 75.0 cm³/mol. The molecular weight excluding hydrogens is 289 g/mol. The summed E-state index contributed by atoms with van der Waals surface area (Å²) in [4.78, 5) is 0. The maximum Gasteiger partial charge on any atom is 0.159 e. The summed E-state index contributed by atoms with van der Waals surface area (Å²) in [6.45, 7) is 0. The standard InChI is InChI=1S/C15H12Cl2F2/c16-9-11(12-3-1-2-4-13(12)17)7-10-5-6-14(18)15(19)8-10/h1-6,8,11H,7,9H2. The van der Waals surface area contributed by atoms with Gasteiger partial charge in [0.15, 0.2) is 11.6 Å². The number of hydrogen-bond donors (Lipinski definition) is 0. The van der Waals surface area contributed by atoms with Crippen molar-refractivity contribution >= 4 is 23.2 Å². The van der Waals surface area contributed by atoms with Crippen molar-refractivity contribution in [1.29, 1.82) is 0 Å². The molecule has 1 atom stereocenters. The first-order chi connectivity index (χ1) is 9.11. The van der Waals surface area contributed by atoms with Gasteiger partial charge < -0.3 is 0 Å². The quantitative estimate of drug-likeness (QED) is 0.682. The van der Waals surface area contributed by atoms with Crippen LogP contribution in [0.4, 0.5) is 8.78 Å². The van der Waals surface area contributed by atoms with Crippen LogP contribution in [0.25, 0.3) is 0 Å². The molecule has 2 rings (SSSR count). The van der Waals surface area contributed by atoms with Crippen molar-refractivity contribution in [2.75, 3.05) is 5.88 Å². The van der Waals surface area contributed by atoms with Crippen LogP contribution >= 0.6 is 23.2 Å². The van der Waals surface area contributed by atoms with Gasteiger partial charge in [0.1, 0.15) is 0 Å². The molecular formula is C15H12Cl2F2. The Kier molecular flexibility index (Phi) is 4.78. The molecule has 2 aromatic rings. The van der Waals surface area contributed by atoms with Crippen LogP contribution in [0.2, 0.25) is 5.02 Å². The monoisotopic (exact) mass is 300 g/mol. The highest BCUT2D eigenvalue weighted by Crippen LogP contribution is 2.28. The largest absolute Gasteiger partial charge is 0.204 e. The number of hydrogen-bond acceptors (Lipinski definition) is 0. The average molecular weight is 301 g/mol. The normalized spacial score (nSPS) is 12.4. The Hall–Kier alpha value is -1.12. The van der Waals surface area contributed by atoms with Gasteiger partial charge in [-0.3, -0.25) is 0 Å². The second kappa shape index (κ2) is 6.36. The molecule has 0 spiro atoms. The van der Waals surface area contributed by atoms with Crippen molar-refractivity contribution in [3.63, 3.8) is 0 Å². The van der Waals surface area contributed by atoms with E-state index >= 15 is 0 Å². The molecule has 2 aromatic carbocycles. The van der Waals surface area contributed by atoms with Crippen molar-refractivity contribution < 1.29 is 8.78 Å². The van der Waals surface area contributed by atoms with E-state index in [1.54, 1.807) is 12.1 Å². The molecule has 0 amide bonds. The average Bonchev–Trinajstić information content (AvgIpc) is 2.41. The topological polar surface area (TPSA) is 0 Å². The molecule has 0 aliphatic rings. The van der Waals surface area contributed by atoms with Gasteiger partial charge in [-0.15, -0.1) is 11.6 Å². The highest BCUT2D eigenvalue weighted by molar-refractivity contribution is 6.31. The third-order valence-electron chi connectivity index (χ3n) is 3.00. The van der Waals surface area contributed by atoms with Crippen LogP contribution in [0.3, 0.4) is 0 Å². The van der Waals surface area contributed by atoms with Gasteiger partial charge in [0.05, 0.1) is 0 Å². The number of rotatable bonds is 4. The zero-order valence-corrected chi connectivity index (χ0v) is 11.6. The summed E-state index contributed by atoms with van der Waals surface area (Å²) in [5.41, 5.74) is 1.62. The third-order valence-corrected chi connectivity index (χ3v) is 3.71. The summed E-state index contributed by atoms with van der Waals surface area (Å²) in [6, 6.07) is 11.3. The molecule has 0 heterocycles. The highest BCUT2D eigenvalue weighted by Gasteiger charge is 2.15. The van der Waals surface area contributed by atoms with Gasteiger partial charge >= 0.3 is 0 Å². The fraction of sp³-hybridized carbons (Fsp3) is 0.200. The SMILES string of the molecule is Fc1ccc(CC(CCl)c2ccccc2Cl)cc1F. The van der Waals surface area contributed by atoms with E-state index in [-0.39, 0.29) is 5.92 Å². The van der Waals surface area contributed by atoms with Crippen LogP contribution in [0.5, 0.6) is 0 Å². The summed E-state index contributed by atoms with van der Waals surface area (Å²) in [6.07, 6.45) is 0.518. The lowest BCUT2D eigenvalue weighted by Crippen LogP contribution is -2.06. The van der Waals surface area contributed by atoms with Gasteiger partial charge in [-0.2, -0.15) is 0 Å². The molecule has 100 valence electrons. The van der Waals surface area contributed by atoms with E-state index in [1.807, 2.05) is 18.2 Å². The van der Waals surface area contributed by atoms with Gasteiger partial charge in [-0.05, 0) is 35.7 Å². The molecule has 0 radical (unpaired) electrons. The van der Waals surface area contributed by atoms with E-state index in [0.717, 1.165) is 11.6 Å². The molecule has 0 fully saturated rings. The number of halogens is 4. The van der Waals surface area contributed by atoms with Gasteiger partial charge in [-0.1, -0.05) is 35.9 Å². The minimum Gasteiger partial charge on any atom is -0.204 e. The fourth-order valence-electron chi connectivity index (χ4n) is 2.00. The van der Waals surface area contributed by atoms with E-state index in [0.29, 0.717) is 22.9 Å². The Morgan fingerprint density at radius 3 is 2.37 bits per heavy atom. The maximum absolute atomic E-state index is 13.2. The summed E-state index contributed by atoms with van der Waals surface area (Å²) in [5, 5.41) is 0.635. The highest BCUT2D eigenvalue weighted by atomic mass is 35.5. The first-order valence-corrected chi connectivity index (χ1v) is 6.77. The molecule has 0 saturated heterocycles. The maximum atomic E-state index is 13.2. The number of benzene rings is 2. The van der Waals surface area contributed by atoms with E-state index in [1.165, 1.54) is 6.07 Å². The summed E-state index contributed by atoms with van der Waals surface area (Å²) in [5.74, 6) is -1.35. The van der Waals surface area contributed by atoms with E-state index in [4.69, 9.17) is 23.2 Å². The lowest BCUT2D eigenvalue weighted by atomic mass is 9.93. The Morgan fingerprint density at radius 1 is 1.00 bits per heavy atom. The van der Waals surface area contributed by atoms with Crippen LogP contribution in [0, 0.1) is 11.6 Å². The Labute approximate surface area is 121 Å². The van der Waals surface area contributed by atoms with Gasteiger partial charge in [0.2, 0.25) is 0 Å². The van der Waals surface area contributed by atoms with Crippen LogP contribution in [-0.2, 0) is 6.42 Å². The molecule has 0 aliphatic heterocycles. The molecule has 4 heteroatoms. The molecule has 1 unspecified atom stereocenters. The smallest absolute Gasteiger partial charge is 0.159 e. The van der Waals surface area contributed by atoms with Crippen molar-refractivity contribution in [2.45, 2.75) is 12.3 Å². The van der Waals surface area contributed by atoms with Crippen LogP contribution in [-0.4, -0.2) is 5.88 Å². The Bertz CT molecular complexity index is 570. The zero-order chi connectivity index (χ0) is 13.8. The lowest BCUT2D eigenvalue weighted by Gasteiger charge is -2.16. The van der Waals surface area contributed by atoms with E-state index in [9.17, 15) is 8.78 Å². The lowest BCUT2D eigenvalue weighted by molar-refractivity contribution is 0.506. The molecule has 0 saturated carbocycles. The predicted octanol–water partition coefficient (Wildman–Crippen LogP) is 5.18. The zero-order valence-electron chi connectivity index (χ0n) is 10.0. The van der Waals surface area contributed by atoms with E-state index in [2.05, 4.69) is 0 Å². The third kappa shape index (κ3) is 3.46. The van der Waals surface area contributed by atoms with Crippen LogP contribution < -0.4 is 0 Å². The molecule has 19 heavy (non-hydrogen) atoms. The second-order valence-corrected chi connectivity index (χ2v) is 5.04. The van der Waals surface area contributed by atoms with Crippen molar-refractivity contribution in [3.8, 4) is 0 Å². The summed E-state index contributed by atoms with van der Waals surface area (Å²) in [7, 11) is 0.